The fraction of sp³-hybridized carbons (Fsp3) is 0.143. The van der Waals surface area contributed by atoms with Gasteiger partial charge >= 0.3 is 0 Å². The molecule has 0 aliphatic rings. The summed E-state index contributed by atoms with van der Waals surface area (Å²) in [4.78, 5) is 0. The molecule has 0 heterocycles. The van der Waals surface area contributed by atoms with E-state index < -0.39 is 11.6 Å². The minimum atomic E-state index is -0.898. The summed E-state index contributed by atoms with van der Waals surface area (Å²) in [6, 6.07) is 8.84. The Hall–Kier alpha value is -1.01. The SMILES string of the molecule is NNC(Cc1ccc(Br)cc1Cl)c1ccc(F)c(F)c1. The summed E-state index contributed by atoms with van der Waals surface area (Å²) in [7, 11) is 0. The Morgan fingerprint density at radius 1 is 1.15 bits per heavy atom. The second-order valence-electron chi connectivity index (χ2n) is 4.33. The minimum Gasteiger partial charge on any atom is -0.271 e. The maximum Gasteiger partial charge on any atom is 0.159 e. The van der Waals surface area contributed by atoms with Crippen LogP contribution in [0.5, 0.6) is 0 Å². The number of nitrogens with two attached hydrogens (primary N) is 1. The first-order chi connectivity index (χ1) is 9.51. The predicted molar refractivity (Wildman–Crippen MR) is 79.3 cm³/mol. The van der Waals surface area contributed by atoms with Crippen molar-refractivity contribution in [3.63, 3.8) is 0 Å². The largest absolute Gasteiger partial charge is 0.271 e. The third-order valence-corrected chi connectivity index (χ3v) is 3.83. The van der Waals surface area contributed by atoms with Crippen LogP contribution in [-0.2, 0) is 6.42 Å². The van der Waals surface area contributed by atoms with Crippen molar-refractivity contribution in [2.45, 2.75) is 12.5 Å². The molecule has 0 saturated carbocycles. The van der Waals surface area contributed by atoms with E-state index in [1.54, 1.807) is 6.07 Å². The molecule has 2 nitrogen and oxygen atoms in total. The van der Waals surface area contributed by atoms with Crippen molar-refractivity contribution in [3.8, 4) is 0 Å². The molecule has 20 heavy (non-hydrogen) atoms. The Labute approximate surface area is 129 Å². The Bertz CT molecular complexity index is 622. The molecule has 0 bridgehead atoms. The fourth-order valence-corrected chi connectivity index (χ4v) is 2.66. The molecule has 0 aromatic heterocycles. The van der Waals surface area contributed by atoms with Crippen LogP contribution in [0.1, 0.15) is 17.2 Å². The second kappa shape index (κ2) is 6.63. The standard InChI is InChI=1S/C14H12BrClF2N2/c15-10-3-1-8(11(16)7-10)6-14(20-19)9-2-4-12(17)13(18)5-9/h1-5,7,14,20H,6,19H2. The molecule has 2 aromatic carbocycles. The lowest BCUT2D eigenvalue weighted by Gasteiger charge is -2.17. The third kappa shape index (κ3) is 3.55. The van der Waals surface area contributed by atoms with E-state index in [4.69, 9.17) is 17.4 Å². The zero-order valence-electron chi connectivity index (χ0n) is 10.3. The summed E-state index contributed by atoms with van der Waals surface area (Å²) in [5.41, 5.74) is 4.02. The van der Waals surface area contributed by atoms with E-state index in [0.717, 1.165) is 22.2 Å². The van der Waals surface area contributed by atoms with E-state index in [1.165, 1.54) is 6.07 Å². The van der Waals surface area contributed by atoms with Crippen LogP contribution in [0.2, 0.25) is 5.02 Å². The number of rotatable bonds is 4. The quantitative estimate of drug-likeness (QED) is 0.635. The van der Waals surface area contributed by atoms with Crippen LogP contribution in [0.25, 0.3) is 0 Å². The number of halogens is 4. The number of hydrogen-bond donors (Lipinski definition) is 2. The first kappa shape index (κ1) is 15.4. The van der Waals surface area contributed by atoms with E-state index in [2.05, 4.69) is 21.4 Å². The molecule has 3 N–H and O–H groups in total. The lowest BCUT2D eigenvalue weighted by Crippen LogP contribution is -2.29. The molecule has 0 saturated heterocycles. The van der Waals surface area contributed by atoms with Crippen molar-refractivity contribution in [1.82, 2.24) is 5.43 Å². The van der Waals surface area contributed by atoms with Crippen LogP contribution >= 0.6 is 27.5 Å². The summed E-state index contributed by atoms with van der Waals surface area (Å²) in [5, 5.41) is 0.585. The highest BCUT2D eigenvalue weighted by Crippen LogP contribution is 2.26. The summed E-state index contributed by atoms with van der Waals surface area (Å²) < 4.78 is 27.1. The van der Waals surface area contributed by atoms with Crippen molar-refractivity contribution in [2.24, 2.45) is 5.84 Å². The summed E-state index contributed by atoms with van der Waals surface area (Å²) in [5.74, 6) is 3.72. The van der Waals surface area contributed by atoms with Gasteiger partial charge in [-0.05, 0) is 41.8 Å². The van der Waals surface area contributed by atoms with Crippen molar-refractivity contribution in [3.05, 3.63) is 68.7 Å². The normalized spacial score (nSPS) is 12.4. The fourth-order valence-electron chi connectivity index (χ4n) is 1.91. The Kier molecular flexibility index (Phi) is 5.10. The molecule has 6 heteroatoms. The van der Waals surface area contributed by atoms with Crippen molar-refractivity contribution in [1.29, 1.82) is 0 Å². The van der Waals surface area contributed by atoms with Gasteiger partial charge in [-0.3, -0.25) is 11.3 Å². The van der Waals surface area contributed by atoms with E-state index >= 15 is 0 Å². The Morgan fingerprint density at radius 2 is 1.90 bits per heavy atom. The van der Waals surface area contributed by atoms with Gasteiger partial charge in [-0.15, -0.1) is 0 Å². The van der Waals surface area contributed by atoms with Crippen LogP contribution in [0.3, 0.4) is 0 Å². The molecule has 0 amide bonds. The lowest BCUT2D eigenvalue weighted by atomic mass is 9.99. The van der Waals surface area contributed by atoms with Crippen LogP contribution in [0.4, 0.5) is 8.78 Å². The average molecular weight is 362 g/mol. The number of nitrogens with one attached hydrogen (secondary N) is 1. The summed E-state index contributed by atoms with van der Waals surface area (Å²) >= 11 is 9.47. The smallest absolute Gasteiger partial charge is 0.159 e. The zero-order chi connectivity index (χ0) is 14.7. The first-order valence-corrected chi connectivity index (χ1v) is 7.03. The van der Waals surface area contributed by atoms with Gasteiger partial charge in [0.15, 0.2) is 11.6 Å². The van der Waals surface area contributed by atoms with E-state index in [9.17, 15) is 8.78 Å². The molecular formula is C14H12BrClF2N2. The zero-order valence-corrected chi connectivity index (χ0v) is 12.7. The van der Waals surface area contributed by atoms with Gasteiger partial charge < -0.3 is 0 Å². The molecule has 0 spiro atoms. The van der Waals surface area contributed by atoms with Gasteiger partial charge in [-0.25, -0.2) is 8.78 Å². The highest BCUT2D eigenvalue weighted by Gasteiger charge is 2.15. The molecule has 106 valence electrons. The molecule has 0 radical (unpaired) electrons. The van der Waals surface area contributed by atoms with Gasteiger partial charge in [0, 0.05) is 9.50 Å². The number of benzene rings is 2. The van der Waals surface area contributed by atoms with Gasteiger partial charge in [0.05, 0.1) is 6.04 Å². The second-order valence-corrected chi connectivity index (χ2v) is 5.66. The first-order valence-electron chi connectivity index (χ1n) is 5.86. The van der Waals surface area contributed by atoms with Crippen LogP contribution in [0.15, 0.2) is 40.9 Å². The van der Waals surface area contributed by atoms with E-state index in [1.807, 2.05) is 12.1 Å². The third-order valence-electron chi connectivity index (χ3n) is 2.99. The molecule has 0 fully saturated rings. The molecule has 1 unspecified atom stereocenters. The van der Waals surface area contributed by atoms with E-state index in [-0.39, 0.29) is 6.04 Å². The van der Waals surface area contributed by atoms with Crippen molar-refractivity contribution >= 4 is 27.5 Å². The topological polar surface area (TPSA) is 38.0 Å². The van der Waals surface area contributed by atoms with Gasteiger partial charge in [0.1, 0.15) is 0 Å². The van der Waals surface area contributed by atoms with Crippen LogP contribution in [-0.4, -0.2) is 0 Å². The number of hydrogen-bond acceptors (Lipinski definition) is 2. The van der Waals surface area contributed by atoms with Gasteiger partial charge in [0.25, 0.3) is 0 Å². The average Bonchev–Trinajstić information content (AvgIpc) is 2.41. The molecule has 1 atom stereocenters. The molecule has 0 aliphatic carbocycles. The van der Waals surface area contributed by atoms with Gasteiger partial charge in [-0.2, -0.15) is 0 Å². The van der Waals surface area contributed by atoms with Gasteiger partial charge in [-0.1, -0.05) is 39.7 Å². The highest BCUT2D eigenvalue weighted by molar-refractivity contribution is 9.10. The molecule has 2 rings (SSSR count). The van der Waals surface area contributed by atoms with Crippen LogP contribution < -0.4 is 11.3 Å². The van der Waals surface area contributed by atoms with Crippen LogP contribution in [0, 0.1) is 11.6 Å². The maximum atomic E-state index is 13.3. The Balaban J connectivity index is 2.26. The maximum absolute atomic E-state index is 13.3. The van der Waals surface area contributed by atoms with Crippen molar-refractivity contribution in [2.75, 3.05) is 0 Å². The summed E-state index contributed by atoms with van der Waals surface area (Å²) in [6.07, 6.45) is 0.466. The molecule has 2 aromatic rings. The van der Waals surface area contributed by atoms with E-state index in [0.29, 0.717) is 17.0 Å². The number of hydrazine groups is 1. The lowest BCUT2D eigenvalue weighted by molar-refractivity contribution is 0.497. The van der Waals surface area contributed by atoms with Crippen molar-refractivity contribution < 1.29 is 8.78 Å². The summed E-state index contributed by atoms with van der Waals surface area (Å²) in [6.45, 7) is 0. The van der Waals surface area contributed by atoms with Gasteiger partial charge in [0.2, 0.25) is 0 Å². The molecule has 0 aliphatic heterocycles. The monoisotopic (exact) mass is 360 g/mol. The highest BCUT2D eigenvalue weighted by atomic mass is 79.9. The predicted octanol–water partition coefficient (Wildman–Crippen LogP) is 4.13. The Morgan fingerprint density at radius 3 is 2.50 bits per heavy atom. The molecular weight excluding hydrogens is 350 g/mol. The minimum absolute atomic E-state index is 0.358.